The maximum Gasteiger partial charge on any atom is 0.303 e. The molecule has 1 N–H and O–H groups in total. The monoisotopic (exact) mass is 367 g/mol. The maximum atomic E-state index is 12.5. The Hall–Kier alpha value is -0.440. The Labute approximate surface area is 124 Å². The fourth-order valence-corrected chi connectivity index (χ4v) is 6.17. The maximum absolute atomic E-state index is 12.5. The van der Waals surface area contributed by atoms with E-state index in [4.69, 9.17) is 5.11 Å². The number of aryl methyl sites for hydroxylation is 1. The van der Waals surface area contributed by atoms with Gasteiger partial charge >= 0.3 is 5.97 Å². The summed E-state index contributed by atoms with van der Waals surface area (Å²) < 4.78 is 27.1. The smallest absolute Gasteiger partial charge is 0.303 e. The lowest BCUT2D eigenvalue weighted by Gasteiger charge is -2.16. The highest BCUT2D eigenvalue weighted by molar-refractivity contribution is 9.11. The van der Waals surface area contributed by atoms with Gasteiger partial charge in [-0.05, 0) is 41.3 Å². The second-order valence-electron chi connectivity index (χ2n) is 4.59. The summed E-state index contributed by atoms with van der Waals surface area (Å²) in [6.07, 6.45) is 0.633. The predicted molar refractivity (Wildman–Crippen MR) is 75.9 cm³/mol. The molecule has 1 fully saturated rings. The van der Waals surface area contributed by atoms with Gasteiger partial charge in [-0.3, -0.25) is 4.79 Å². The first-order valence-corrected chi connectivity index (χ1v) is 8.83. The van der Waals surface area contributed by atoms with E-state index < -0.39 is 16.0 Å². The van der Waals surface area contributed by atoms with Crippen molar-refractivity contribution >= 4 is 43.3 Å². The van der Waals surface area contributed by atoms with Crippen LogP contribution in [0.2, 0.25) is 0 Å². The molecular weight excluding hydrogens is 354 g/mol. The molecule has 1 aliphatic rings. The Morgan fingerprint density at radius 1 is 1.63 bits per heavy atom. The van der Waals surface area contributed by atoms with E-state index >= 15 is 0 Å². The van der Waals surface area contributed by atoms with Crippen LogP contribution in [-0.4, -0.2) is 36.9 Å². The van der Waals surface area contributed by atoms with Crippen molar-refractivity contribution in [3.63, 3.8) is 0 Å². The summed E-state index contributed by atoms with van der Waals surface area (Å²) in [5.74, 6) is -0.964. The molecule has 2 rings (SSSR count). The Morgan fingerprint density at radius 3 is 2.84 bits per heavy atom. The second kappa shape index (κ2) is 5.51. The van der Waals surface area contributed by atoms with Crippen molar-refractivity contribution in [2.24, 2.45) is 5.92 Å². The van der Waals surface area contributed by atoms with Crippen molar-refractivity contribution in [1.82, 2.24) is 4.31 Å². The highest BCUT2D eigenvalue weighted by atomic mass is 79.9. The van der Waals surface area contributed by atoms with Crippen molar-refractivity contribution in [1.29, 1.82) is 0 Å². The third-order valence-electron chi connectivity index (χ3n) is 3.17. The lowest BCUT2D eigenvalue weighted by Crippen LogP contribution is -2.29. The lowest BCUT2D eigenvalue weighted by atomic mass is 10.1. The predicted octanol–water partition coefficient (Wildman–Crippen LogP) is 2.30. The fraction of sp³-hybridized carbons (Fsp3) is 0.545. The first-order valence-electron chi connectivity index (χ1n) is 5.78. The average Bonchev–Trinajstić information content (AvgIpc) is 2.85. The average molecular weight is 368 g/mol. The number of hydrogen-bond acceptors (Lipinski definition) is 4. The van der Waals surface area contributed by atoms with Gasteiger partial charge in [-0.25, -0.2) is 8.42 Å². The molecule has 1 saturated heterocycles. The molecule has 1 aromatic heterocycles. The number of sulfonamides is 1. The summed E-state index contributed by atoms with van der Waals surface area (Å²) in [7, 11) is -3.50. The van der Waals surface area contributed by atoms with Gasteiger partial charge in [0.25, 0.3) is 0 Å². The Morgan fingerprint density at radius 2 is 2.32 bits per heavy atom. The first kappa shape index (κ1) is 15.0. The molecule has 8 heteroatoms. The summed E-state index contributed by atoms with van der Waals surface area (Å²) in [6, 6.07) is 1.61. The molecule has 2 heterocycles. The third-order valence-corrected chi connectivity index (χ3v) is 6.85. The zero-order chi connectivity index (χ0) is 14.2. The van der Waals surface area contributed by atoms with Crippen LogP contribution in [0.1, 0.15) is 17.7 Å². The zero-order valence-corrected chi connectivity index (χ0v) is 13.5. The number of carbonyl (C=O) groups is 1. The van der Waals surface area contributed by atoms with Gasteiger partial charge in [0.15, 0.2) is 0 Å². The number of rotatable bonds is 4. The van der Waals surface area contributed by atoms with Gasteiger partial charge in [-0.1, -0.05) is 0 Å². The lowest BCUT2D eigenvalue weighted by molar-refractivity contribution is -0.137. The van der Waals surface area contributed by atoms with Crippen LogP contribution in [0.3, 0.4) is 0 Å². The first-order chi connectivity index (χ1) is 8.80. The van der Waals surface area contributed by atoms with Crippen molar-refractivity contribution in [3.8, 4) is 0 Å². The number of halogens is 1. The molecule has 0 radical (unpaired) electrons. The normalized spacial score (nSPS) is 20.8. The van der Waals surface area contributed by atoms with E-state index in [1.54, 1.807) is 13.0 Å². The SMILES string of the molecule is Cc1sc(Br)cc1S(=O)(=O)N1CCC(CC(=O)O)C1. The highest BCUT2D eigenvalue weighted by Gasteiger charge is 2.34. The molecular formula is C11H14BrNO4S2. The molecule has 1 aliphatic heterocycles. The zero-order valence-electron chi connectivity index (χ0n) is 10.3. The molecule has 106 valence electrons. The van der Waals surface area contributed by atoms with Crippen LogP contribution in [0.4, 0.5) is 0 Å². The topological polar surface area (TPSA) is 74.7 Å². The molecule has 1 aromatic rings. The largest absolute Gasteiger partial charge is 0.481 e. The summed E-state index contributed by atoms with van der Waals surface area (Å²) >= 11 is 4.67. The van der Waals surface area contributed by atoms with E-state index in [9.17, 15) is 13.2 Å². The molecule has 19 heavy (non-hydrogen) atoms. The van der Waals surface area contributed by atoms with Gasteiger partial charge in [-0.2, -0.15) is 4.31 Å². The van der Waals surface area contributed by atoms with E-state index in [1.807, 2.05) is 0 Å². The van der Waals surface area contributed by atoms with E-state index in [-0.39, 0.29) is 12.3 Å². The molecule has 1 atom stereocenters. The fourth-order valence-electron chi connectivity index (χ4n) is 2.25. The van der Waals surface area contributed by atoms with Gasteiger partial charge < -0.3 is 5.11 Å². The van der Waals surface area contributed by atoms with Crippen molar-refractivity contribution in [3.05, 3.63) is 14.7 Å². The van der Waals surface area contributed by atoms with Gasteiger partial charge in [0.05, 0.1) is 8.68 Å². The Kier molecular flexibility index (Phi) is 4.34. The van der Waals surface area contributed by atoms with Gasteiger partial charge in [0.1, 0.15) is 0 Å². The van der Waals surface area contributed by atoms with Crippen LogP contribution in [0.25, 0.3) is 0 Å². The Balaban J connectivity index is 2.18. The van der Waals surface area contributed by atoms with Crippen molar-refractivity contribution in [2.45, 2.75) is 24.7 Å². The van der Waals surface area contributed by atoms with Crippen molar-refractivity contribution < 1.29 is 18.3 Å². The highest BCUT2D eigenvalue weighted by Crippen LogP contribution is 2.33. The third kappa shape index (κ3) is 3.18. The molecule has 5 nitrogen and oxygen atoms in total. The molecule has 0 aromatic carbocycles. The van der Waals surface area contributed by atoms with E-state index in [1.165, 1.54) is 15.6 Å². The quantitative estimate of drug-likeness (QED) is 0.885. The van der Waals surface area contributed by atoms with Crippen LogP contribution in [0.5, 0.6) is 0 Å². The number of aliphatic carboxylic acids is 1. The van der Waals surface area contributed by atoms with Gasteiger partial charge in [-0.15, -0.1) is 11.3 Å². The van der Waals surface area contributed by atoms with Crippen LogP contribution >= 0.6 is 27.3 Å². The second-order valence-corrected chi connectivity index (χ2v) is 9.13. The van der Waals surface area contributed by atoms with Crippen LogP contribution in [0.15, 0.2) is 14.7 Å². The van der Waals surface area contributed by atoms with Gasteiger partial charge in [0.2, 0.25) is 10.0 Å². The Bertz CT molecular complexity index is 596. The van der Waals surface area contributed by atoms with Crippen LogP contribution < -0.4 is 0 Å². The number of hydrogen-bond donors (Lipinski definition) is 1. The number of carboxylic acids is 1. The van der Waals surface area contributed by atoms with E-state index in [0.717, 1.165) is 8.66 Å². The number of carboxylic acid groups (broad SMARTS) is 1. The summed E-state index contributed by atoms with van der Waals surface area (Å²) in [6.45, 7) is 2.46. The standard InChI is InChI=1S/C11H14BrNO4S2/c1-7-9(5-10(12)18-7)19(16,17)13-3-2-8(6-13)4-11(14)15/h5,8H,2-4,6H2,1H3,(H,14,15). The minimum atomic E-state index is -3.50. The van der Waals surface area contributed by atoms with E-state index in [2.05, 4.69) is 15.9 Å². The minimum absolute atomic E-state index is 0.0261. The summed E-state index contributed by atoms with van der Waals surface area (Å²) in [5, 5.41) is 8.75. The number of thiophene rings is 1. The summed E-state index contributed by atoms with van der Waals surface area (Å²) in [4.78, 5) is 11.7. The van der Waals surface area contributed by atoms with E-state index in [0.29, 0.717) is 24.4 Å². The van der Waals surface area contributed by atoms with Crippen LogP contribution in [-0.2, 0) is 14.8 Å². The van der Waals surface area contributed by atoms with Crippen molar-refractivity contribution in [2.75, 3.05) is 13.1 Å². The molecule has 0 spiro atoms. The molecule has 0 saturated carbocycles. The minimum Gasteiger partial charge on any atom is -0.481 e. The summed E-state index contributed by atoms with van der Waals surface area (Å²) in [5.41, 5.74) is 0. The van der Waals surface area contributed by atoms with Gasteiger partial charge in [0, 0.05) is 24.4 Å². The molecule has 0 amide bonds. The van der Waals surface area contributed by atoms with Crippen LogP contribution in [0, 0.1) is 12.8 Å². The number of nitrogens with zero attached hydrogens (tertiary/aromatic N) is 1. The molecule has 0 bridgehead atoms. The molecule has 1 unspecified atom stereocenters. The molecule has 0 aliphatic carbocycles.